The monoisotopic (exact) mass is 238 g/mol. The molecule has 1 aliphatic rings. The number of likely N-dealkylation sites (N-methyl/N-ethyl adjacent to an activating group) is 1. The van der Waals surface area contributed by atoms with E-state index in [-0.39, 0.29) is 5.82 Å². The van der Waals surface area contributed by atoms with Crippen molar-refractivity contribution in [3.05, 3.63) is 29.6 Å². The van der Waals surface area contributed by atoms with Crippen LogP contribution in [0.15, 0.2) is 18.2 Å². The van der Waals surface area contributed by atoms with Gasteiger partial charge in [0.2, 0.25) is 0 Å². The van der Waals surface area contributed by atoms with E-state index in [1.807, 2.05) is 13.1 Å². The molecule has 0 aliphatic carbocycles. The molecule has 94 valence electrons. The standard InChI is InChI=1S/C13H19FN2O/c1-15-11-5-6-16(9-11)8-10-3-4-13(17-2)12(14)7-10/h3-4,7,11,15H,5-6,8-9H2,1-2H3. The molecule has 1 aromatic rings. The van der Waals surface area contributed by atoms with Crippen molar-refractivity contribution in [1.82, 2.24) is 10.2 Å². The third kappa shape index (κ3) is 2.96. The molecule has 2 rings (SSSR count). The first-order valence-electron chi connectivity index (χ1n) is 5.95. The first-order chi connectivity index (χ1) is 8.22. The normalized spacial score (nSPS) is 20.8. The van der Waals surface area contributed by atoms with E-state index in [9.17, 15) is 4.39 Å². The lowest BCUT2D eigenvalue weighted by molar-refractivity contribution is 0.321. The highest BCUT2D eigenvalue weighted by Crippen LogP contribution is 2.20. The number of ether oxygens (including phenoxy) is 1. The van der Waals surface area contributed by atoms with Gasteiger partial charge in [-0.2, -0.15) is 0 Å². The van der Waals surface area contributed by atoms with Crippen LogP contribution < -0.4 is 10.1 Å². The van der Waals surface area contributed by atoms with Crippen LogP contribution in [0.3, 0.4) is 0 Å². The summed E-state index contributed by atoms with van der Waals surface area (Å²) in [4.78, 5) is 2.34. The van der Waals surface area contributed by atoms with Crippen molar-refractivity contribution < 1.29 is 9.13 Å². The Morgan fingerprint density at radius 3 is 2.94 bits per heavy atom. The quantitative estimate of drug-likeness (QED) is 0.863. The first-order valence-corrected chi connectivity index (χ1v) is 5.95. The molecule has 0 bridgehead atoms. The summed E-state index contributed by atoms with van der Waals surface area (Å²) in [5.74, 6) is 0.0256. The number of nitrogens with zero attached hydrogens (tertiary/aromatic N) is 1. The van der Waals surface area contributed by atoms with E-state index in [0.717, 1.165) is 31.6 Å². The minimum absolute atomic E-state index is 0.283. The summed E-state index contributed by atoms with van der Waals surface area (Å²) < 4.78 is 18.4. The van der Waals surface area contributed by atoms with E-state index in [4.69, 9.17) is 4.74 Å². The van der Waals surface area contributed by atoms with Gasteiger partial charge in [0.15, 0.2) is 11.6 Å². The van der Waals surface area contributed by atoms with Crippen molar-refractivity contribution in [1.29, 1.82) is 0 Å². The minimum atomic E-state index is -0.283. The molecule has 1 N–H and O–H groups in total. The molecular weight excluding hydrogens is 219 g/mol. The first kappa shape index (κ1) is 12.3. The van der Waals surface area contributed by atoms with Gasteiger partial charge in [0.05, 0.1) is 7.11 Å². The summed E-state index contributed by atoms with van der Waals surface area (Å²) in [5, 5.41) is 3.27. The Hall–Kier alpha value is -1.13. The van der Waals surface area contributed by atoms with Gasteiger partial charge in [0, 0.05) is 25.7 Å². The van der Waals surface area contributed by atoms with Crippen LogP contribution in [0.5, 0.6) is 5.75 Å². The van der Waals surface area contributed by atoms with Crippen molar-refractivity contribution in [3.8, 4) is 5.75 Å². The number of likely N-dealkylation sites (tertiary alicyclic amines) is 1. The van der Waals surface area contributed by atoms with Gasteiger partial charge in [-0.3, -0.25) is 4.90 Å². The number of rotatable bonds is 4. The summed E-state index contributed by atoms with van der Waals surface area (Å²) in [7, 11) is 3.47. The molecule has 1 unspecified atom stereocenters. The molecule has 17 heavy (non-hydrogen) atoms. The molecule has 0 amide bonds. The molecule has 0 aromatic heterocycles. The van der Waals surface area contributed by atoms with Crippen LogP contribution in [-0.2, 0) is 6.54 Å². The third-order valence-electron chi connectivity index (χ3n) is 3.30. The van der Waals surface area contributed by atoms with Gasteiger partial charge < -0.3 is 10.1 Å². The highest BCUT2D eigenvalue weighted by atomic mass is 19.1. The van der Waals surface area contributed by atoms with E-state index >= 15 is 0 Å². The Kier molecular flexibility index (Phi) is 3.97. The van der Waals surface area contributed by atoms with Crippen LogP contribution in [-0.4, -0.2) is 38.2 Å². The Morgan fingerprint density at radius 1 is 1.53 bits per heavy atom. The number of methoxy groups -OCH3 is 1. The molecule has 1 saturated heterocycles. The van der Waals surface area contributed by atoms with Crippen LogP contribution >= 0.6 is 0 Å². The van der Waals surface area contributed by atoms with Crippen LogP contribution in [0.4, 0.5) is 4.39 Å². The van der Waals surface area contributed by atoms with Gasteiger partial charge in [0.25, 0.3) is 0 Å². The maximum Gasteiger partial charge on any atom is 0.165 e. The largest absolute Gasteiger partial charge is 0.494 e. The lowest BCUT2D eigenvalue weighted by atomic mass is 10.2. The van der Waals surface area contributed by atoms with Crippen molar-refractivity contribution >= 4 is 0 Å². The van der Waals surface area contributed by atoms with Crippen LogP contribution in [0, 0.1) is 5.82 Å². The molecule has 1 aliphatic heterocycles. The lowest BCUT2D eigenvalue weighted by Crippen LogP contribution is -2.29. The molecule has 1 aromatic carbocycles. The van der Waals surface area contributed by atoms with Crippen molar-refractivity contribution in [2.45, 2.75) is 19.0 Å². The smallest absolute Gasteiger partial charge is 0.165 e. The molecule has 3 nitrogen and oxygen atoms in total. The number of hydrogen-bond acceptors (Lipinski definition) is 3. The van der Waals surface area contributed by atoms with Crippen LogP contribution in [0.2, 0.25) is 0 Å². The molecule has 0 spiro atoms. The van der Waals surface area contributed by atoms with E-state index in [1.54, 1.807) is 12.1 Å². The fraction of sp³-hybridized carbons (Fsp3) is 0.538. The Labute approximate surface area is 102 Å². The van der Waals surface area contributed by atoms with Gasteiger partial charge in [-0.25, -0.2) is 4.39 Å². The fourth-order valence-electron chi connectivity index (χ4n) is 2.28. The second-order valence-corrected chi connectivity index (χ2v) is 4.48. The average molecular weight is 238 g/mol. The average Bonchev–Trinajstić information content (AvgIpc) is 2.77. The van der Waals surface area contributed by atoms with E-state index < -0.39 is 0 Å². The second-order valence-electron chi connectivity index (χ2n) is 4.48. The molecule has 0 radical (unpaired) electrons. The molecule has 0 saturated carbocycles. The summed E-state index contributed by atoms with van der Waals surface area (Å²) in [5.41, 5.74) is 1.00. The number of hydrogen-bond donors (Lipinski definition) is 1. The van der Waals surface area contributed by atoms with Crippen molar-refractivity contribution in [3.63, 3.8) is 0 Å². The summed E-state index contributed by atoms with van der Waals surface area (Å²) >= 11 is 0. The fourth-order valence-corrected chi connectivity index (χ4v) is 2.28. The van der Waals surface area contributed by atoms with Gasteiger partial charge in [-0.1, -0.05) is 6.07 Å². The Morgan fingerprint density at radius 2 is 2.35 bits per heavy atom. The predicted octanol–water partition coefficient (Wildman–Crippen LogP) is 1.63. The summed E-state index contributed by atoms with van der Waals surface area (Å²) in [6.45, 7) is 2.91. The van der Waals surface area contributed by atoms with E-state index in [0.29, 0.717) is 11.8 Å². The minimum Gasteiger partial charge on any atom is -0.494 e. The van der Waals surface area contributed by atoms with Gasteiger partial charge in [-0.15, -0.1) is 0 Å². The van der Waals surface area contributed by atoms with Crippen molar-refractivity contribution in [2.75, 3.05) is 27.2 Å². The van der Waals surface area contributed by atoms with Gasteiger partial charge in [0.1, 0.15) is 0 Å². The number of benzene rings is 1. The van der Waals surface area contributed by atoms with E-state index in [2.05, 4.69) is 10.2 Å². The predicted molar refractivity (Wildman–Crippen MR) is 65.7 cm³/mol. The second kappa shape index (κ2) is 5.47. The maximum atomic E-state index is 13.5. The van der Waals surface area contributed by atoms with Gasteiger partial charge >= 0.3 is 0 Å². The zero-order valence-electron chi connectivity index (χ0n) is 10.4. The third-order valence-corrected chi connectivity index (χ3v) is 3.30. The summed E-state index contributed by atoms with van der Waals surface area (Å²) in [6, 6.07) is 5.74. The highest BCUT2D eigenvalue weighted by molar-refractivity contribution is 5.29. The zero-order chi connectivity index (χ0) is 12.3. The zero-order valence-corrected chi connectivity index (χ0v) is 10.4. The van der Waals surface area contributed by atoms with Crippen molar-refractivity contribution in [2.24, 2.45) is 0 Å². The van der Waals surface area contributed by atoms with Crippen LogP contribution in [0.25, 0.3) is 0 Å². The van der Waals surface area contributed by atoms with Crippen LogP contribution in [0.1, 0.15) is 12.0 Å². The Balaban J connectivity index is 1.97. The number of nitrogens with one attached hydrogen (secondary N) is 1. The molecule has 4 heteroatoms. The maximum absolute atomic E-state index is 13.5. The van der Waals surface area contributed by atoms with Gasteiger partial charge in [-0.05, 0) is 31.2 Å². The number of halogens is 1. The Bertz CT molecular complexity index is 384. The van der Waals surface area contributed by atoms with E-state index in [1.165, 1.54) is 7.11 Å². The SMILES string of the molecule is CNC1CCN(Cc2ccc(OC)c(F)c2)C1. The molecular formula is C13H19FN2O. The highest BCUT2D eigenvalue weighted by Gasteiger charge is 2.20. The molecule has 1 heterocycles. The summed E-state index contributed by atoms with van der Waals surface area (Å²) in [6.07, 6.45) is 1.16. The lowest BCUT2D eigenvalue weighted by Gasteiger charge is -2.16. The molecule has 1 atom stereocenters. The topological polar surface area (TPSA) is 24.5 Å². The molecule has 1 fully saturated rings.